The predicted octanol–water partition coefficient (Wildman–Crippen LogP) is 6.81. The SMILES string of the molecule is COc1ccc(CN(Cc2ccc(OC)cc2OC)/C(=N/C=C\NC(=N)C2CC(C(F)(F)F)CCC2C)C(C)=N)c(OC)c1. The van der Waals surface area contributed by atoms with E-state index in [-0.39, 0.29) is 30.3 Å². The summed E-state index contributed by atoms with van der Waals surface area (Å²) in [4.78, 5) is 6.44. The van der Waals surface area contributed by atoms with Crippen molar-refractivity contribution in [3.05, 3.63) is 59.9 Å². The number of rotatable bonds is 12. The molecule has 2 aromatic carbocycles. The molecule has 0 saturated heterocycles. The molecule has 1 aliphatic rings. The Kier molecular flexibility index (Phi) is 12.1. The van der Waals surface area contributed by atoms with Gasteiger partial charge in [-0.05, 0) is 56.4 Å². The summed E-state index contributed by atoms with van der Waals surface area (Å²) in [5.74, 6) is 0.854. The van der Waals surface area contributed by atoms with Crippen molar-refractivity contribution in [3.8, 4) is 23.0 Å². The third kappa shape index (κ3) is 8.90. The number of nitrogens with zero attached hydrogens (tertiary/aromatic N) is 2. The van der Waals surface area contributed by atoms with Crippen LogP contribution >= 0.6 is 0 Å². The fourth-order valence-electron chi connectivity index (χ4n) is 5.36. The van der Waals surface area contributed by atoms with E-state index < -0.39 is 18.0 Å². The number of hydrogen-bond donors (Lipinski definition) is 3. The largest absolute Gasteiger partial charge is 0.497 e. The fraction of sp³-hybridized carbons (Fsp3) is 0.469. The van der Waals surface area contributed by atoms with Crippen molar-refractivity contribution >= 4 is 17.4 Å². The summed E-state index contributed by atoms with van der Waals surface area (Å²) < 4.78 is 62.0. The lowest BCUT2D eigenvalue weighted by Gasteiger charge is -2.35. The zero-order valence-electron chi connectivity index (χ0n) is 26.0. The molecule has 0 aromatic heterocycles. The second kappa shape index (κ2) is 15.5. The van der Waals surface area contributed by atoms with Gasteiger partial charge in [-0.2, -0.15) is 13.2 Å². The van der Waals surface area contributed by atoms with Crippen molar-refractivity contribution in [1.82, 2.24) is 10.2 Å². The van der Waals surface area contributed by atoms with E-state index in [0.29, 0.717) is 48.3 Å². The van der Waals surface area contributed by atoms with E-state index in [2.05, 4.69) is 10.3 Å². The average molecular weight is 618 g/mol. The Morgan fingerprint density at radius 3 is 1.93 bits per heavy atom. The maximum atomic E-state index is 13.4. The van der Waals surface area contributed by atoms with Gasteiger partial charge in [0, 0.05) is 54.7 Å². The van der Waals surface area contributed by atoms with E-state index in [1.807, 2.05) is 36.1 Å². The minimum absolute atomic E-state index is 0.0221. The lowest BCUT2D eigenvalue weighted by atomic mass is 9.74. The minimum Gasteiger partial charge on any atom is -0.497 e. The number of benzene rings is 2. The number of halogens is 3. The van der Waals surface area contributed by atoms with Gasteiger partial charge in [-0.15, -0.1) is 0 Å². The highest BCUT2D eigenvalue weighted by Gasteiger charge is 2.44. The quantitative estimate of drug-likeness (QED) is 0.178. The van der Waals surface area contributed by atoms with Crippen molar-refractivity contribution < 1.29 is 32.1 Å². The first-order valence-corrected chi connectivity index (χ1v) is 14.3. The second-order valence-electron chi connectivity index (χ2n) is 10.8. The monoisotopic (exact) mass is 617 g/mol. The maximum Gasteiger partial charge on any atom is 0.391 e. The summed E-state index contributed by atoms with van der Waals surface area (Å²) in [5, 5.41) is 19.8. The van der Waals surface area contributed by atoms with Gasteiger partial charge in [0.1, 0.15) is 34.7 Å². The van der Waals surface area contributed by atoms with Gasteiger partial charge in [0.25, 0.3) is 0 Å². The van der Waals surface area contributed by atoms with Crippen molar-refractivity contribution in [2.75, 3.05) is 28.4 Å². The molecule has 0 amide bonds. The van der Waals surface area contributed by atoms with Crippen LogP contribution in [0, 0.1) is 28.6 Å². The lowest BCUT2D eigenvalue weighted by Crippen LogP contribution is -2.39. The third-order valence-corrected chi connectivity index (χ3v) is 7.89. The van der Waals surface area contributed by atoms with Gasteiger partial charge in [-0.1, -0.05) is 6.92 Å². The lowest BCUT2D eigenvalue weighted by molar-refractivity contribution is -0.186. The number of ether oxygens (including phenoxy) is 4. The van der Waals surface area contributed by atoms with Crippen LogP contribution in [0.5, 0.6) is 23.0 Å². The van der Waals surface area contributed by atoms with Gasteiger partial charge >= 0.3 is 6.18 Å². The normalized spacial score (nSPS) is 18.9. The Morgan fingerprint density at radius 2 is 1.48 bits per heavy atom. The van der Waals surface area contributed by atoms with Crippen molar-refractivity contribution in [1.29, 1.82) is 10.8 Å². The Balaban J connectivity index is 1.90. The van der Waals surface area contributed by atoms with E-state index in [4.69, 9.17) is 29.8 Å². The molecule has 240 valence electrons. The zero-order valence-corrected chi connectivity index (χ0v) is 26.0. The molecular formula is C32H42F3N5O4. The summed E-state index contributed by atoms with van der Waals surface area (Å²) in [6.45, 7) is 4.12. The Labute approximate surface area is 257 Å². The van der Waals surface area contributed by atoms with Crippen LogP contribution in [0.4, 0.5) is 13.2 Å². The molecule has 0 aliphatic heterocycles. The van der Waals surface area contributed by atoms with Crippen LogP contribution in [0.25, 0.3) is 0 Å². The first kappa shape index (κ1) is 34.3. The van der Waals surface area contributed by atoms with Gasteiger partial charge in [0.05, 0.1) is 40.1 Å². The van der Waals surface area contributed by atoms with Crippen molar-refractivity contribution in [3.63, 3.8) is 0 Å². The van der Waals surface area contributed by atoms with E-state index >= 15 is 0 Å². The molecule has 3 N–H and O–H groups in total. The number of amidine groups is 2. The van der Waals surface area contributed by atoms with Crippen molar-refractivity contribution in [2.24, 2.45) is 22.7 Å². The van der Waals surface area contributed by atoms with Crippen LogP contribution in [0.2, 0.25) is 0 Å². The molecule has 44 heavy (non-hydrogen) atoms. The molecule has 3 atom stereocenters. The van der Waals surface area contributed by atoms with Crippen LogP contribution in [0.3, 0.4) is 0 Å². The minimum atomic E-state index is -4.27. The van der Waals surface area contributed by atoms with Gasteiger partial charge in [-0.25, -0.2) is 4.99 Å². The molecule has 1 fully saturated rings. The molecule has 12 heteroatoms. The van der Waals surface area contributed by atoms with Crippen LogP contribution in [0.15, 0.2) is 53.8 Å². The highest BCUT2D eigenvalue weighted by molar-refractivity contribution is 6.39. The van der Waals surface area contributed by atoms with Gasteiger partial charge in [0.15, 0.2) is 0 Å². The molecule has 9 nitrogen and oxygen atoms in total. The summed E-state index contributed by atoms with van der Waals surface area (Å²) in [6.07, 6.45) is -1.03. The van der Waals surface area contributed by atoms with E-state index in [0.717, 1.165) is 11.1 Å². The molecule has 0 heterocycles. The first-order chi connectivity index (χ1) is 20.9. The predicted molar refractivity (Wildman–Crippen MR) is 165 cm³/mol. The number of methoxy groups -OCH3 is 4. The number of aliphatic imine (C=N–C) groups is 1. The summed E-state index contributed by atoms with van der Waals surface area (Å²) in [6, 6.07) is 11.0. The number of nitrogens with one attached hydrogen (secondary N) is 3. The smallest absolute Gasteiger partial charge is 0.391 e. The third-order valence-electron chi connectivity index (χ3n) is 7.89. The fourth-order valence-corrected chi connectivity index (χ4v) is 5.36. The first-order valence-electron chi connectivity index (χ1n) is 14.3. The zero-order chi connectivity index (χ0) is 32.4. The molecule has 3 rings (SSSR count). The van der Waals surface area contributed by atoms with E-state index in [9.17, 15) is 13.2 Å². The Morgan fingerprint density at radius 1 is 0.932 bits per heavy atom. The van der Waals surface area contributed by atoms with Crippen LogP contribution < -0.4 is 24.3 Å². The van der Waals surface area contributed by atoms with E-state index in [1.165, 1.54) is 12.4 Å². The Bertz CT molecular complexity index is 1300. The standard InChI is InChI=1S/C32H42F3N5O4/c1-20-7-10-24(32(33,34)35)15-27(20)30(37)38-13-14-39-31(21(2)36)40(18-22-8-11-25(41-3)16-28(22)43-5)19-23-9-12-26(42-4)17-29(23)44-6/h8-9,11-14,16-17,20,24,27,36H,7,10,15,18-19H2,1-6H3,(H2,37,38)/b14-13-,36-21?,39-31+. The highest BCUT2D eigenvalue weighted by atomic mass is 19.4. The van der Waals surface area contributed by atoms with E-state index in [1.54, 1.807) is 47.5 Å². The Hall–Kier alpha value is -4.22. The van der Waals surface area contributed by atoms with Gasteiger partial charge in [0.2, 0.25) is 0 Å². The number of hydrogen-bond acceptors (Lipinski definition) is 7. The molecule has 0 radical (unpaired) electrons. The highest BCUT2D eigenvalue weighted by Crippen LogP contribution is 2.42. The van der Waals surface area contributed by atoms with Gasteiger partial charge < -0.3 is 34.6 Å². The van der Waals surface area contributed by atoms with Crippen molar-refractivity contribution in [2.45, 2.75) is 52.4 Å². The molecule has 0 spiro atoms. The molecule has 1 saturated carbocycles. The molecule has 0 bridgehead atoms. The van der Waals surface area contributed by atoms with Crippen LogP contribution in [0.1, 0.15) is 44.2 Å². The number of alkyl halides is 3. The average Bonchev–Trinajstić information content (AvgIpc) is 3.00. The topological polar surface area (TPSA) is 112 Å². The molecule has 2 aromatic rings. The second-order valence-corrected chi connectivity index (χ2v) is 10.8. The molecular weight excluding hydrogens is 575 g/mol. The summed E-state index contributed by atoms with van der Waals surface area (Å²) in [7, 11) is 6.28. The van der Waals surface area contributed by atoms with Gasteiger partial charge in [-0.3, -0.25) is 5.41 Å². The summed E-state index contributed by atoms with van der Waals surface area (Å²) >= 11 is 0. The summed E-state index contributed by atoms with van der Waals surface area (Å²) in [5.41, 5.74) is 1.83. The van der Waals surface area contributed by atoms with Crippen LogP contribution in [-0.4, -0.2) is 56.9 Å². The van der Waals surface area contributed by atoms with Crippen LogP contribution in [-0.2, 0) is 13.1 Å². The maximum absolute atomic E-state index is 13.4. The molecule has 1 aliphatic carbocycles. The molecule has 3 unspecified atom stereocenters.